The fourth-order valence-corrected chi connectivity index (χ4v) is 4.12. The summed E-state index contributed by atoms with van der Waals surface area (Å²) in [5.41, 5.74) is 2.07. The Morgan fingerprint density at radius 2 is 2.06 bits per heavy atom. The van der Waals surface area contributed by atoms with E-state index >= 15 is 0 Å². The number of anilines is 1. The number of fused-ring (bicyclic) bond motifs is 1. The van der Waals surface area contributed by atoms with Gasteiger partial charge in [0.2, 0.25) is 0 Å². The quantitative estimate of drug-likeness (QED) is 0.285. The highest BCUT2D eigenvalue weighted by atomic mass is 35.5. The van der Waals surface area contributed by atoms with Gasteiger partial charge in [0.25, 0.3) is 5.91 Å². The van der Waals surface area contributed by atoms with Gasteiger partial charge in [0, 0.05) is 30.7 Å². The van der Waals surface area contributed by atoms with Crippen LogP contribution in [0.25, 0.3) is 22.6 Å². The van der Waals surface area contributed by atoms with Gasteiger partial charge in [-0.2, -0.15) is 0 Å². The van der Waals surface area contributed by atoms with Crippen molar-refractivity contribution in [1.82, 2.24) is 34.8 Å². The van der Waals surface area contributed by atoms with Crippen molar-refractivity contribution in [3.8, 4) is 11.4 Å². The number of hydrogen-bond donors (Lipinski definition) is 4. The molecular formula is C23H23ClN8O4. The van der Waals surface area contributed by atoms with Crippen LogP contribution < -0.4 is 10.6 Å². The summed E-state index contributed by atoms with van der Waals surface area (Å²) in [6.45, 7) is 2.47. The molecule has 36 heavy (non-hydrogen) atoms. The molecule has 0 radical (unpaired) electrons. The molecule has 1 saturated heterocycles. The number of halogens is 1. The van der Waals surface area contributed by atoms with Crippen LogP contribution in [0.3, 0.4) is 0 Å². The number of aliphatic hydroxyl groups is 2. The maximum atomic E-state index is 12.3. The van der Waals surface area contributed by atoms with Crippen molar-refractivity contribution in [2.45, 2.75) is 38.0 Å². The molecule has 0 aromatic carbocycles. The molecule has 5 rings (SSSR count). The Labute approximate surface area is 210 Å². The molecule has 0 bridgehead atoms. The van der Waals surface area contributed by atoms with E-state index in [0.717, 1.165) is 5.69 Å². The zero-order valence-corrected chi connectivity index (χ0v) is 19.9. The Morgan fingerprint density at radius 3 is 2.81 bits per heavy atom. The zero-order chi connectivity index (χ0) is 25.2. The number of carbonyl (C=O) groups is 1. The molecule has 12 nitrogen and oxygen atoms in total. The zero-order valence-electron chi connectivity index (χ0n) is 19.1. The van der Waals surface area contributed by atoms with Gasteiger partial charge in [0.1, 0.15) is 12.2 Å². The number of hydrogen-bond acceptors (Lipinski definition) is 10. The topological polar surface area (TPSA) is 160 Å². The fraction of sp³-hybridized carbons (Fsp3) is 0.304. The van der Waals surface area contributed by atoms with Crippen LogP contribution in [0.5, 0.6) is 0 Å². The lowest BCUT2D eigenvalue weighted by Gasteiger charge is -2.17. The number of nitrogens with one attached hydrogen (secondary N) is 2. The van der Waals surface area contributed by atoms with E-state index in [1.165, 1.54) is 17.1 Å². The molecule has 1 aliphatic heterocycles. The van der Waals surface area contributed by atoms with E-state index in [1.807, 2.05) is 18.2 Å². The van der Waals surface area contributed by atoms with Crippen LogP contribution in [0.4, 0.5) is 5.82 Å². The number of likely N-dealkylation sites (N-methyl/N-ethyl adjacent to an activating group) is 1. The van der Waals surface area contributed by atoms with Gasteiger partial charge in [-0.25, -0.2) is 15.0 Å². The van der Waals surface area contributed by atoms with E-state index in [1.54, 1.807) is 25.4 Å². The summed E-state index contributed by atoms with van der Waals surface area (Å²) in [7, 11) is 0. The first-order valence-corrected chi connectivity index (χ1v) is 11.6. The second kappa shape index (κ2) is 10.1. The number of imidazole rings is 1. The van der Waals surface area contributed by atoms with Crippen molar-refractivity contribution in [3.63, 3.8) is 0 Å². The van der Waals surface area contributed by atoms with Gasteiger partial charge in [0.05, 0.1) is 23.6 Å². The van der Waals surface area contributed by atoms with Gasteiger partial charge in [-0.1, -0.05) is 17.7 Å². The van der Waals surface area contributed by atoms with Crippen LogP contribution in [-0.4, -0.2) is 70.5 Å². The van der Waals surface area contributed by atoms with Crippen LogP contribution in [0.2, 0.25) is 5.02 Å². The van der Waals surface area contributed by atoms with Crippen molar-refractivity contribution in [1.29, 1.82) is 0 Å². The summed E-state index contributed by atoms with van der Waals surface area (Å²) in [6, 6.07) is 7.26. The molecule has 186 valence electrons. The average Bonchev–Trinajstić information content (AvgIpc) is 3.44. The van der Waals surface area contributed by atoms with Gasteiger partial charge >= 0.3 is 0 Å². The lowest BCUT2D eigenvalue weighted by molar-refractivity contribution is -0.137. The van der Waals surface area contributed by atoms with Gasteiger partial charge in [-0.05, 0) is 25.1 Å². The number of ether oxygens (including phenoxy) is 1. The number of rotatable bonds is 7. The number of carbonyl (C=O) groups excluding carboxylic acids is 1. The molecule has 13 heteroatoms. The molecule has 0 unspecified atom stereocenters. The Morgan fingerprint density at radius 1 is 1.19 bits per heavy atom. The number of nitrogens with zero attached hydrogens (tertiary/aromatic N) is 6. The normalized spacial score (nSPS) is 21.6. The highest BCUT2D eigenvalue weighted by molar-refractivity contribution is 6.30. The summed E-state index contributed by atoms with van der Waals surface area (Å²) in [5, 5.41) is 27.4. The van der Waals surface area contributed by atoms with E-state index in [2.05, 4.69) is 35.6 Å². The van der Waals surface area contributed by atoms with Crippen molar-refractivity contribution >= 4 is 34.5 Å². The first-order valence-electron chi connectivity index (χ1n) is 11.2. The predicted octanol–water partition coefficient (Wildman–Crippen LogP) is 1.30. The molecule has 4 aromatic rings. The Hall–Kier alpha value is -3.71. The van der Waals surface area contributed by atoms with Crippen LogP contribution in [0.15, 0.2) is 49.2 Å². The van der Waals surface area contributed by atoms with E-state index in [0.29, 0.717) is 46.5 Å². The van der Waals surface area contributed by atoms with Crippen molar-refractivity contribution in [3.05, 3.63) is 59.9 Å². The minimum absolute atomic E-state index is 0.302. The summed E-state index contributed by atoms with van der Waals surface area (Å²) in [4.78, 5) is 34.5. The van der Waals surface area contributed by atoms with Gasteiger partial charge < -0.3 is 25.6 Å². The predicted molar refractivity (Wildman–Crippen MR) is 130 cm³/mol. The lowest BCUT2D eigenvalue weighted by Crippen LogP contribution is -2.42. The minimum atomic E-state index is -1.43. The highest BCUT2D eigenvalue weighted by Gasteiger charge is 2.47. The van der Waals surface area contributed by atoms with E-state index in [-0.39, 0.29) is 0 Å². The lowest BCUT2D eigenvalue weighted by atomic mass is 10.1. The maximum absolute atomic E-state index is 12.3. The van der Waals surface area contributed by atoms with Gasteiger partial charge in [-0.15, -0.1) is 0 Å². The maximum Gasteiger partial charge on any atom is 0.252 e. The van der Waals surface area contributed by atoms with Crippen LogP contribution >= 0.6 is 11.6 Å². The Kier molecular flexibility index (Phi) is 6.74. The molecule has 5 heterocycles. The molecule has 4 atom stereocenters. The number of aromatic nitrogens is 6. The molecule has 4 aromatic heterocycles. The van der Waals surface area contributed by atoms with Crippen LogP contribution in [0.1, 0.15) is 18.8 Å². The molecule has 1 aliphatic rings. The second-order valence-electron chi connectivity index (χ2n) is 8.11. The van der Waals surface area contributed by atoms with Crippen LogP contribution in [-0.2, 0) is 16.1 Å². The average molecular weight is 511 g/mol. The van der Waals surface area contributed by atoms with Crippen LogP contribution in [0, 0.1) is 0 Å². The van der Waals surface area contributed by atoms with Crippen molar-refractivity contribution < 1.29 is 19.7 Å². The molecule has 4 N–H and O–H groups in total. The summed E-state index contributed by atoms with van der Waals surface area (Å²) in [6.07, 6.45) is 1.01. The smallest absolute Gasteiger partial charge is 0.252 e. The third-order valence-corrected chi connectivity index (χ3v) is 5.88. The highest BCUT2D eigenvalue weighted by Crippen LogP contribution is 2.33. The first-order chi connectivity index (χ1) is 17.5. The Balaban J connectivity index is 1.56. The molecule has 0 saturated carbocycles. The fourth-order valence-electron chi connectivity index (χ4n) is 3.95. The molecule has 1 amide bonds. The van der Waals surface area contributed by atoms with Crippen molar-refractivity contribution in [2.75, 3.05) is 11.9 Å². The molecule has 0 aliphatic carbocycles. The Bertz CT molecular complexity index is 1390. The summed E-state index contributed by atoms with van der Waals surface area (Å²) < 4.78 is 7.24. The monoisotopic (exact) mass is 510 g/mol. The SMILES string of the molecule is CCNC(=O)[C@H]1O[C@@H](n2cnc3c(NCc4ccccn4)nc(-c4cncc(Cl)c4)nc32)[C@H](O)[C@@H]1O. The third-order valence-electron chi connectivity index (χ3n) is 5.67. The van der Waals surface area contributed by atoms with Gasteiger partial charge in [-0.3, -0.25) is 19.3 Å². The summed E-state index contributed by atoms with van der Waals surface area (Å²) >= 11 is 6.14. The van der Waals surface area contributed by atoms with E-state index in [4.69, 9.17) is 16.3 Å². The second-order valence-corrected chi connectivity index (χ2v) is 8.55. The first kappa shape index (κ1) is 24.0. The standard InChI is InChI=1S/C23H23ClN8O4/c1-2-26-22(35)18-16(33)17(34)23(36-18)32-11-29-15-20(28-10-14-5-3-4-6-27-14)30-19(31-21(15)32)12-7-13(24)9-25-8-12/h3-9,11,16-18,23,33-34H,2,10H2,1H3,(H,26,35)(H,28,30,31)/t16-,17+,18-,23+/m0/s1. The van der Waals surface area contributed by atoms with Crippen molar-refractivity contribution in [2.24, 2.45) is 0 Å². The largest absolute Gasteiger partial charge is 0.387 e. The molecular weight excluding hydrogens is 488 g/mol. The summed E-state index contributed by atoms with van der Waals surface area (Å²) in [5.74, 6) is 0.192. The van der Waals surface area contributed by atoms with Gasteiger partial charge in [0.15, 0.2) is 35.1 Å². The molecule has 0 spiro atoms. The van der Waals surface area contributed by atoms with E-state index in [9.17, 15) is 15.0 Å². The molecule has 1 fully saturated rings. The number of aliphatic hydroxyl groups excluding tert-OH is 2. The number of pyridine rings is 2. The minimum Gasteiger partial charge on any atom is -0.387 e. The number of amides is 1. The van der Waals surface area contributed by atoms with E-state index < -0.39 is 30.4 Å². The third kappa shape index (κ3) is 4.58.